The molecule has 2 aliphatic rings. The van der Waals surface area contributed by atoms with Gasteiger partial charge < -0.3 is 0 Å². The third-order valence-corrected chi connectivity index (χ3v) is 6.56. The zero-order valence-corrected chi connectivity index (χ0v) is 18.7. The molecule has 0 spiro atoms. The van der Waals surface area contributed by atoms with Crippen LogP contribution in [0.3, 0.4) is 0 Å². The Bertz CT molecular complexity index is 559. The second-order valence-electron chi connectivity index (χ2n) is 9.27. The molecule has 1 unspecified atom stereocenters. The quantitative estimate of drug-likeness (QED) is 0.697. The summed E-state index contributed by atoms with van der Waals surface area (Å²) < 4.78 is 2.09. The fourth-order valence-electron chi connectivity index (χ4n) is 4.53. The maximum Gasteiger partial charge on any atom is 0.168 e. The summed E-state index contributed by atoms with van der Waals surface area (Å²) in [6, 6.07) is 1.16. The molecule has 2 fully saturated rings. The summed E-state index contributed by atoms with van der Waals surface area (Å²) in [6.45, 7) is 15.9. The minimum absolute atomic E-state index is 0. The van der Waals surface area contributed by atoms with Crippen molar-refractivity contribution in [3.05, 3.63) is 5.82 Å². The summed E-state index contributed by atoms with van der Waals surface area (Å²) in [7, 11) is 0. The fraction of sp³-hybridized carbons (Fsp3) is 0.950. The largest absolute Gasteiger partial charge is 0.298 e. The van der Waals surface area contributed by atoms with Crippen molar-refractivity contribution in [2.24, 2.45) is 5.92 Å². The maximum absolute atomic E-state index is 4.50. The van der Waals surface area contributed by atoms with Gasteiger partial charge in [-0.3, -0.25) is 9.80 Å². The van der Waals surface area contributed by atoms with Crippen LogP contribution in [0.15, 0.2) is 0 Å². The van der Waals surface area contributed by atoms with Crippen LogP contribution in [-0.4, -0.2) is 62.2 Å². The summed E-state index contributed by atoms with van der Waals surface area (Å²) in [6.07, 6.45) is 7.78. The van der Waals surface area contributed by atoms with Gasteiger partial charge in [0.25, 0.3) is 0 Å². The average molecular weight is 399 g/mol. The molecule has 1 saturated heterocycles. The topological polar surface area (TPSA) is 50.1 Å². The Hall–Kier alpha value is -0.720. The van der Waals surface area contributed by atoms with Gasteiger partial charge in [0.05, 0.1) is 11.6 Å². The van der Waals surface area contributed by atoms with Gasteiger partial charge in [-0.05, 0) is 55.9 Å². The first-order valence-corrected chi connectivity index (χ1v) is 10.7. The molecule has 0 bridgehead atoms. The molecule has 1 aromatic rings. The highest BCUT2D eigenvalue weighted by molar-refractivity contribution is 5.85. The monoisotopic (exact) mass is 398 g/mol. The Morgan fingerprint density at radius 3 is 2.26 bits per heavy atom. The zero-order chi connectivity index (χ0) is 18.7. The highest BCUT2D eigenvalue weighted by Gasteiger charge is 2.34. The number of hydrogen-bond acceptors (Lipinski definition) is 5. The number of aromatic nitrogens is 4. The van der Waals surface area contributed by atoms with E-state index in [4.69, 9.17) is 0 Å². The van der Waals surface area contributed by atoms with Crippen molar-refractivity contribution in [2.75, 3.05) is 26.2 Å². The minimum atomic E-state index is -0.0419. The van der Waals surface area contributed by atoms with Crippen molar-refractivity contribution in [3.63, 3.8) is 0 Å². The second kappa shape index (κ2) is 9.66. The van der Waals surface area contributed by atoms with E-state index in [0.29, 0.717) is 12.0 Å². The van der Waals surface area contributed by atoms with Crippen molar-refractivity contribution in [1.29, 1.82) is 0 Å². The molecule has 3 rings (SSSR count). The van der Waals surface area contributed by atoms with Crippen LogP contribution in [0, 0.1) is 5.92 Å². The van der Waals surface area contributed by atoms with E-state index in [-0.39, 0.29) is 17.9 Å². The molecule has 0 N–H and O–H groups in total. The Balaban J connectivity index is 0.00000261. The summed E-state index contributed by atoms with van der Waals surface area (Å²) in [4.78, 5) is 5.37. The molecule has 2 heterocycles. The Morgan fingerprint density at radius 1 is 1.07 bits per heavy atom. The number of nitrogens with zero attached hydrogens (tertiary/aromatic N) is 6. The summed E-state index contributed by atoms with van der Waals surface area (Å²) in [5, 5.41) is 12.9. The number of hydrogen-bond donors (Lipinski definition) is 0. The van der Waals surface area contributed by atoms with Gasteiger partial charge in [-0.15, -0.1) is 17.5 Å². The van der Waals surface area contributed by atoms with Crippen LogP contribution in [0.4, 0.5) is 0 Å². The van der Waals surface area contributed by atoms with Gasteiger partial charge in [-0.1, -0.05) is 33.6 Å². The SMILES string of the molecule is CCC(C)(C)n1nnnc1C(CC(C)C)N1CCN(C2CCCC2)CC1.Cl. The number of halogens is 1. The minimum Gasteiger partial charge on any atom is -0.298 e. The van der Waals surface area contributed by atoms with E-state index in [1.54, 1.807) is 0 Å². The molecular formula is C20H39ClN6. The third-order valence-electron chi connectivity index (χ3n) is 6.56. The molecule has 6 nitrogen and oxygen atoms in total. The summed E-state index contributed by atoms with van der Waals surface area (Å²) in [5.74, 6) is 1.68. The standard InChI is InChI=1S/C20H38N6.ClH/c1-6-20(4,5)26-19(21-22-23-26)18(15-16(2)3)25-13-11-24(12-14-25)17-9-7-8-10-17;/h16-18H,6-15H2,1-5H3;1H. The molecule has 0 radical (unpaired) electrons. The van der Waals surface area contributed by atoms with E-state index in [9.17, 15) is 0 Å². The van der Waals surface area contributed by atoms with E-state index < -0.39 is 0 Å². The molecule has 1 saturated carbocycles. The van der Waals surface area contributed by atoms with E-state index in [1.807, 2.05) is 0 Å². The van der Waals surface area contributed by atoms with Gasteiger partial charge in [-0.25, -0.2) is 4.68 Å². The normalized spacial score (nSPS) is 21.6. The molecule has 1 atom stereocenters. The second-order valence-corrected chi connectivity index (χ2v) is 9.27. The predicted octanol–water partition coefficient (Wildman–Crippen LogP) is 3.89. The predicted molar refractivity (Wildman–Crippen MR) is 112 cm³/mol. The Morgan fingerprint density at radius 2 is 1.70 bits per heavy atom. The molecule has 1 aromatic heterocycles. The number of piperazine rings is 1. The molecule has 156 valence electrons. The molecule has 27 heavy (non-hydrogen) atoms. The molecule has 0 aromatic carbocycles. The summed E-state index contributed by atoms with van der Waals surface area (Å²) >= 11 is 0. The third kappa shape index (κ3) is 5.21. The van der Waals surface area contributed by atoms with E-state index >= 15 is 0 Å². The zero-order valence-electron chi connectivity index (χ0n) is 17.9. The van der Waals surface area contributed by atoms with Gasteiger partial charge in [0.2, 0.25) is 0 Å². The summed E-state index contributed by atoms with van der Waals surface area (Å²) in [5.41, 5.74) is -0.0419. The van der Waals surface area contributed by atoms with Gasteiger partial charge >= 0.3 is 0 Å². The first-order valence-electron chi connectivity index (χ1n) is 10.7. The Labute approximate surface area is 171 Å². The maximum atomic E-state index is 4.50. The molecule has 7 heteroatoms. The van der Waals surface area contributed by atoms with Crippen LogP contribution in [0.5, 0.6) is 0 Å². The Kier molecular flexibility index (Phi) is 8.07. The van der Waals surface area contributed by atoms with E-state index in [0.717, 1.165) is 37.8 Å². The van der Waals surface area contributed by atoms with Gasteiger partial charge in [0, 0.05) is 32.2 Å². The van der Waals surface area contributed by atoms with Gasteiger partial charge in [0.15, 0.2) is 5.82 Å². The van der Waals surface area contributed by atoms with Crippen LogP contribution in [-0.2, 0) is 5.54 Å². The number of rotatable bonds is 7. The van der Waals surface area contributed by atoms with Crippen molar-refractivity contribution in [2.45, 2.75) is 90.8 Å². The van der Waals surface area contributed by atoms with Crippen molar-refractivity contribution >= 4 is 12.4 Å². The van der Waals surface area contributed by atoms with Crippen LogP contribution in [0.1, 0.15) is 85.0 Å². The first kappa shape index (κ1) is 22.6. The van der Waals surface area contributed by atoms with Gasteiger partial charge in [-0.2, -0.15) is 0 Å². The van der Waals surface area contributed by atoms with Crippen molar-refractivity contribution in [3.8, 4) is 0 Å². The van der Waals surface area contributed by atoms with Crippen LogP contribution in [0.25, 0.3) is 0 Å². The smallest absolute Gasteiger partial charge is 0.168 e. The van der Waals surface area contributed by atoms with Crippen LogP contribution < -0.4 is 0 Å². The van der Waals surface area contributed by atoms with Crippen LogP contribution >= 0.6 is 12.4 Å². The lowest BCUT2D eigenvalue weighted by Crippen LogP contribution is -2.51. The average Bonchev–Trinajstić information content (AvgIpc) is 3.31. The molecule has 1 aliphatic heterocycles. The van der Waals surface area contributed by atoms with E-state index in [2.05, 4.69) is 64.6 Å². The lowest BCUT2D eigenvalue weighted by Gasteiger charge is -2.42. The highest BCUT2D eigenvalue weighted by Crippen LogP contribution is 2.32. The lowest BCUT2D eigenvalue weighted by atomic mass is 9.98. The first-order chi connectivity index (χ1) is 12.4. The molecule has 1 aliphatic carbocycles. The number of tetrazole rings is 1. The fourth-order valence-corrected chi connectivity index (χ4v) is 4.53. The molecular weight excluding hydrogens is 360 g/mol. The van der Waals surface area contributed by atoms with E-state index in [1.165, 1.54) is 38.8 Å². The van der Waals surface area contributed by atoms with Crippen molar-refractivity contribution in [1.82, 2.24) is 30.0 Å². The molecule has 0 amide bonds. The van der Waals surface area contributed by atoms with Gasteiger partial charge in [0.1, 0.15) is 0 Å². The van der Waals surface area contributed by atoms with Crippen molar-refractivity contribution < 1.29 is 0 Å². The van der Waals surface area contributed by atoms with Crippen LogP contribution in [0.2, 0.25) is 0 Å². The lowest BCUT2D eigenvalue weighted by molar-refractivity contribution is 0.0564. The highest BCUT2D eigenvalue weighted by atomic mass is 35.5.